The predicted octanol–water partition coefficient (Wildman–Crippen LogP) is 0.805. The van der Waals surface area contributed by atoms with E-state index in [-0.39, 0.29) is 17.3 Å². The fraction of sp³-hybridized carbons (Fsp3) is 0.143. The molecule has 12 heavy (non-hydrogen) atoms. The molecular formula is C7H9ClNO2S-. The third kappa shape index (κ3) is 2.91. The molecule has 0 radical (unpaired) electrons. The first-order chi connectivity index (χ1) is 5.24. The number of benzene rings is 1. The van der Waals surface area contributed by atoms with Crippen LogP contribution in [-0.4, -0.2) is 8.76 Å². The van der Waals surface area contributed by atoms with Crippen molar-refractivity contribution in [2.24, 2.45) is 5.73 Å². The molecule has 0 aliphatic rings. The minimum Gasteiger partial charge on any atom is -0.768 e. The molecule has 0 aromatic heterocycles. The van der Waals surface area contributed by atoms with E-state index in [9.17, 15) is 8.76 Å². The molecule has 0 bridgehead atoms. The highest BCUT2D eigenvalue weighted by molar-refractivity contribution is 7.79. The third-order valence-corrected chi connectivity index (χ3v) is 1.97. The van der Waals surface area contributed by atoms with Crippen LogP contribution in [0.1, 0.15) is 5.56 Å². The van der Waals surface area contributed by atoms with Gasteiger partial charge in [-0.25, -0.2) is 0 Å². The molecule has 0 spiro atoms. The fourth-order valence-electron chi connectivity index (χ4n) is 0.776. The van der Waals surface area contributed by atoms with E-state index in [4.69, 9.17) is 5.73 Å². The van der Waals surface area contributed by atoms with Crippen LogP contribution in [0, 0.1) is 0 Å². The lowest BCUT2D eigenvalue weighted by Gasteiger charge is -2.05. The van der Waals surface area contributed by atoms with Crippen LogP contribution in [0.4, 0.5) is 0 Å². The van der Waals surface area contributed by atoms with Gasteiger partial charge >= 0.3 is 0 Å². The summed E-state index contributed by atoms with van der Waals surface area (Å²) in [7, 11) is 0. The van der Waals surface area contributed by atoms with Crippen molar-refractivity contribution < 1.29 is 8.76 Å². The second kappa shape index (κ2) is 5.27. The number of halogens is 1. The third-order valence-electron chi connectivity index (χ3n) is 1.33. The molecule has 0 amide bonds. The van der Waals surface area contributed by atoms with E-state index in [0.29, 0.717) is 6.54 Å². The Bertz CT molecular complexity index is 280. The molecule has 0 fully saturated rings. The van der Waals surface area contributed by atoms with Gasteiger partial charge in [-0.2, -0.15) is 0 Å². The van der Waals surface area contributed by atoms with Crippen LogP contribution < -0.4 is 5.73 Å². The van der Waals surface area contributed by atoms with Crippen LogP contribution in [0.3, 0.4) is 0 Å². The Labute approximate surface area is 79.7 Å². The van der Waals surface area contributed by atoms with E-state index in [0.717, 1.165) is 5.56 Å². The van der Waals surface area contributed by atoms with Crippen LogP contribution >= 0.6 is 12.4 Å². The molecule has 5 heteroatoms. The van der Waals surface area contributed by atoms with Crippen molar-refractivity contribution in [1.29, 1.82) is 0 Å². The van der Waals surface area contributed by atoms with Gasteiger partial charge in [-0.3, -0.25) is 4.21 Å². The highest BCUT2D eigenvalue weighted by Gasteiger charge is 1.92. The molecule has 0 aliphatic heterocycles. The summed E-state index contributed by atoms with van der Waals surface area (Å²) < 4.78 is 20.9. The SMILES string of the molecule is Cl.NCc1cccc(S(=O)[O-])c1. The molecule has 1 unspecified atom stereocenters. The quantitative estimate of drug-likeness (QED) is 0.729. The number of nitrogens with two attached hydrogens (primary N) is 1. The van der Waals surface area contributed by atoms with Crippen molar-refractivity contribution in [3.05, 3.63) is 29.8 Å². The Balaban J connectivity index is 0.00000121. The van der Waals surface area contributed by atoms with Crippen molar-refractivity contribution >= 4 is 23.5 Å². The van der Waals surface area contributed by atoms with Crippen LogP contribution in [0.25, 0.3) is 0 Å². The van der Waals surface area contributed by atoms with Gasteiger partial charge in [0.05, 0.1) is 0 Å². The zero-order valence-corrected chi connectivity index (χ0v) is 7.86. The normalized spacial score (nSPS) is 11.8. The van der Waals surface area contributed by atoms with Crippen molar-refractivity contribution in [2.45, 2.75) is 11.4 Å². The zero-order chi connectivity index (χ0) is 8.27. The van der Waals surface area contributed by atoms with Gasteiger partial charge in [-0.15, -0.1) is 12.4 Å². The smallest absolute Gasteiger partial charge is 0.0251 e. The van der Waals surface area contributed by atoms with E-state index in [1.165, 1.54) is 6.07 Å². The lowest BCUT2D eigenvalue weighted by molar-refractivity contribution is 0.537. The van der Waals surface area contributed by atoms with Crippen LogP contribution in [0.5, 0.6) is 0 Å². The van der Waals surface area contributed by atoms with Gasteiger partial charge in [0.15, 0.2) is 0 Å². The topological polar surface area (TPSA) is 66.2 Å². The molecule has 1 aromatic carbocycles. The van der Waals surface area contributed by atoms with Crippen molar-refractivity contribution in [2.75, 3.05) is 0 Å². The maximum Gasteiger partial charge on any atom is 0.0251 e. The van der Waals surface area contributed by atoms with Gasteiger partial charge in [0, 0.05) is 11.4 Å². The Morgan fingerprint density at radius 3 is 2.67 bits per heavy atom. The largest absolute Gasteiger partial charge is 0.768 e. The number of hydrogen-bond acceptors (Lipinski definition) is 3. The highest BCUT2D eigenvalue weighted by atomic mass is 35.5. The lowest BCUT2D eigenvalue weighted by Crippen LogP contribution is -1.97. The second-order valence-electron chi connectivity index (χ2n) is 2.09. The minimum absolute atomic E-state index is 0. The van der Waals surface area contributed by atoms with Crippen LogP contribution in [0.15, 0.2) is 29.2 Å². The summed E-state index contributed by atoms with van der Waals surface area (Å²) in [6, 6.07) is 6.55. The zero-order valence-electron chi connectivity index (χ0n) is 6.23. The first kappa shape index (κ1) is 11.6. The predicted molar refractivity (Wildman–Crippen MR) is 48.8 cm³/mol. The minimum atomic E-state index is -2.15. The Morgan fingerprint density at radius 1 is 1.50 bits per heavy atom. The van der Waals surface area contributed by atoms with Gasteiger partial charge in [0.1, 0.15) is 0 Å². The van der Waals surface area contributed by atoms with Crippen molar-refractivity contribution in [1.82, 2.24) is 0 Å². The van der Waals surface area contributed by atoms with Crippen LogP contribution in [-0.2, 0) is 17.6 Å². The van der Waals surface area contributed by atoms with E-state index in [1.807, 2.05) is 0 Å². The first-order valence-corrected chi connectivity index (χ1v) is 4.20. The van der Waals surface area contributed by atoms with Crippen molar-refractivity contribution in [3.63, 3.8) is 0 Å². The van der Waals surface area contributed by atoms with E-state index in [1.54, 1.807) is 18.2 Å². The molecule has 1 rings (SSSR count). The summed E-state index contributed by atoms with van der Waals surface area (Å²) in [6.07, 6.45) is 0. The highest BCUT2D eigenvalue weighted by Crippen LogP contribution is 2.06. The summed E-state index contributed by atoms with van der Waals surface area (Å²) in [4.78, 5) is 0.285. The fourth-order valence-corrected chi connectivity index (χ4v) is 1.21. The van der Waals surface area contributed by atoms with Crippen molar-refractivity contribution in [3.8, 4) is 0 Å². The van der Waals surface area contributed by atoms with Gasteiger partial charge in [-0.05, 0) is 28.8 Å². The second-order valence-corrected chi connectivity index (χ2v) is 3.03. The number of rotatable bonds is 2. The van der Waals surface area contributed by atoms with Gasteiger partial charge < -0.3 is 10.3 Å². The molecule has 2 N–H and O–H groups in total. The Morgan fingerprint density at radius 2 is 2.17 bits per heavy atom. The molecule has 1 aromatic rings. The maximum atomic E-state index is 10.4. The average Bonchev–Trinajstić information content (AvgIpc) is 2.05. The van der Waals surface area contributed by atoms with Gasteiger partial charge in [0.2, 0.25) is 0 Å². The molecule has 68 valence electrons. The lowest BCUT2D eigenvalue weighted by atomic mass is 10.2. The summed E-state index contributed by atoms with van der Waals surface area (Å²) in [5, 5.41) is 0. The summed E-state index contributed by atoms with van der Waals surface area (Å²) in [6.45, 7) is 0.366. The van der Waals surface area contributed by atoms with Gasteiger partial charge in [-0.1, -0.05) is 12.1 Å². The maximum absolute atomic E-state index is 10.4. The van der Waals surface area contributed by atoms with Gasteiger partial charge in [0.25, 0.3) is 0 Å². The molecule has 3 nitrogen and oxygen atoms in total. The standard InChI is InChI=1S/C7H9NO2S.ClH/c8-5-6-2-1-3-7(4-6)11(9)10;/h1-4H,5,8H2,(H,9,10);1H/p-1. The van der Waals surface area contributed by atoms with Crippen LogP contribution in [0.2, 0.25) is 0 Å². The molecule has 0 aliphatic carbocycles. The Kier molecular flexibility index (Phi) is 5.08. The molecule has 0 heterocycles. The molecule has 1 atom stereocenters. The molecule has 0 saturated heterocycles. The molecular weight excluding hydrogens is 198 g/mol. The summed E-state index contributed by atoms with van der Waals surface area (Å²) >= 11 is -2.15. The van der Waals surface area contributed by atoms with E-state index >= 15 is 0 Å². The molecule has 0 saturated carbocycles. The average molecular weight is 207 g/mol. The van der Waals surface area contributed by atoms with E-state index < -0.39 is 11.1 Å². The summed E-state index contributed by atoms with van der Waals surface area (Å²) in [5.41, 5.74) is 6.14. The van der Waals surface area contributed by atoms with E-state index in [2.05, 4.69) is 0 Å². The number of hydrogen-bond donors (Lipinski definition) is 1. The Hall–Kier alpha value is -0.420. The first-order valence-electron chi connectivity index (χ1n) is 3.12. The summed E-state index contributed by atoms with van der Waals surface area (Å²) in [5.74, 6) is 0. The monoisotopic (exact) mass is 206 g/mol.